The van der Waals surface area contributed by atoms with E-state index >= 15 is 0 Å². The molecule has 4 aromatic carbocycles. The molecule has 0 spiro atoms. The zero-order valence-corrected chi connectivity index (χ0v) is 23.0. The van der Waals surface area contributed by atoms with Gasteiger partial charge in [-0.15, -0.1) is 0 Å². The van der Waals surface area contributed by atoms with Crippen LogP contribution in [0.3, 0.4) is 0 Å². The molecule has 2 aliphatic rings. The molecule has 0 N–H and O–H groups in total. The highest BCUT2D eigenvalue weighted by Crippen LogP contribution is 2.30. The minimum Gasteiger partial charge on any atom is -0.376 e. The van der Waals surface area contributed by atoms with Gasteiger partial charge in [-0.05, 0) is 58.4 Å². The Hall–Kier alpha value is -3.64. The summed E-state index contributed by atoms with van der Waals surface area (Å²) in [6.45, 7) is 4.00. The predicted octanol–water partition coefficient (Wildman–Crippen LogP) is 8.07. The number of hydrogen-bond donors (Lipinski definition) is 0. The van der Waals surface area contributed by atoms with Gasteiger partial charge < -0.3 is 9.47 Å². The number of ether oxygens (including phenoxy) is 2. The van der Waals surface area contributed by atoms with Crippen molar-refractivity contribution in [3.63, 3.8) is 0 Å². The third kappa shape index (κ3) is 6.43. The van der Waals surface area contributed by atoms with Crippen molar-refractivity contribution in [3.8, 4) is 11.8 Å². The lowest BCUT2D eigenvalue weighted by atomic mass is 9.87. The zero-order valence-electron chi connectivity index (χ0n) is 23.0. The van der Waals surface area contributed by atoms with Crippen LogP contribution in [0.2, 0.25) is 0 Å². The minimum absolute atomic E-state index is 0.0805. The van der Waals surface area contributed by atoms with Crippen LogP contribution in [0.4, 0.5) is 0 Å². The normalized spacial score (nSPS) is 16.7. The van der Waals surface area contributed by atoms with E-state index in [4.69, 9.17) is 9.47 Å². The van der Waals surface area contributed by atoms with Gasteiger partial charge in [-0.25, -0.2) is 0 Å². The highest BCUT2D eigenvalue weighted by atomic mass is 16.5. The maximum atomic E-state index is 5.71. The summed E-state index contributed by atoms with van der Waals surface area (Å²) in [5, 5.41) is 0. The molecule has 0 fully saturated rings. The first-order valence-electron chi connectivity index (χ1n) is 13.7. The van der Waals surface area contributed by atoms with Crippen molar-refractivity contribution >= 4 is 0 Å². The third-order valence-corrected chi connectivity index (χ3v) is 7.22. The SMILES string of the molecule is CC.COC1Cc2ccccc2C#Cc2ccccc21.COC1Cc2ccccc2CCc2ccccc21. The highest BCUT2D eigenvalue weighted by molar-refractivity contribution is 5.52. The summed E-state index contributed by atoms with van der Waals surface area (Å²) in [7, 11) is 3.57. The van der Waals surface area contributed by atoms with E-state index in [0.717, 1.165) is 36.8 Å². The molecule has 0 heterocycles. The number of methoxy groups -OCH3 is 2. The first kappa shape index (κ1) is 27.4. The Balaban J connectivity index is 0.000000166. The Morgan fingerprint density at radius 2 is 0.947 bits per heavy atom. The van der Waals surface area contributed by atoms with Crippen molar-refractivity contribution in [1.29, 1.82) is 0 Å². The van der Waals surface area contributed by atoms with E-state index < -0.39 is 0 Å². The summed E-state index contributed by atoms with van der Waals surface area (Å²) in [5.41, 5.74) is 10.3. The Morgan fingerprint density at radius 1 is 0.500 bits per heavy atom. The summed E-state index contributed by atoms with van der Waals surface area (Å²) in [6, 6.07) is 33.9. The van der Waals surface area contributed by atoms with E-state index in [2.05, 4.69) is 90.7 Å². The van der Waals surface area contributed by atoms with Crippen LogP contribution in [-0.4, -0.2) is 14.2 Å². The molecule has 4 aromatic rings. The summed E-state index contributed by atoms with van der Waals surface area (Å²) >= 11 is 0. The highest BCUT2D eigenvalue weighted by Gasteiger charge is 2.20. The van der Waals surface area contributed by atoms with E-state index in [1.54, 1.807) is 7.11 Å². The topological polar surface area (TPSA) is 18.5 Å². The fourth-order valence-electron chi connectivity index (χ4n) is 5.23. The van der Waals surface area contributed by atoms with E-state index in [1.165, 1.54) is 33.4 Å². The molecule has 0 aromatic heterocycles. The summed E-state index contributed by atoms with van der Waals surface area (Å²) in [5.74, 6) is 6.52. The van der Waals surface area contributed by atoms with E-state index in [0.29, 0.717) is 0 Å². The molecule has 2 atom stereocenters. The van der Waals surface area contributed by atoms with Gasteiger partial charge in [0.25, 0.3) is 0 Å². The van der Waals surface area contributed by atoms with Crippen LogP contribution in [0.5, 0.6) is 0 Å². The second kappa shape index (κ2) is 13.8. The van der Waals surface area contributed by atoms with E-state index in [1.807, 2.05) is 39.2 Å². The van der Waals surface area contributed by atoms with Crippen LogP contribution >= 0.6 is 0 Å². The molecule has 0 aliphatic heterocycles. The molecule has 2 aliphatic carbocycles. The standard InChI is InChI=1S/C17H18O.C17H14O.C2H6/c2*1-18-17-12-15-8-3-2-6-13(15)10-11-14-7-4-5-9-16(14)17;1-2/h2-9,17H,10-12H2,1H3;2-9,17H,12H2,1H3;1-2H3. The second-order valence-corrected chi connectivity index (χ2v) is 9.32. The predicted molar refractivity (Wildman–Crippen MR) is 157 cm³/mol. The lowest BCUT2D eigenvalue weighted by Crippen LogP contribution is -2.13. The second-order valence-electron chi connectivity index (χ2n) is 9.32. The molecule has 0 amide bonds. The third-order valence-electron chi connectivity index (χ3n) is 7.22. The maximum absolute atomic E-state index is 5.71. The van der Waals surface area contributed by atoms with E-state index in [-0.39, 0.29) is 12.2 Å². The first-order chi connectivity index (χ1) is 18.8. The molecule has 38 heavy (non-hydrogen) atoms. The molecule has 2 heteroatoms. The molecule has 0 bridgehead atoms. The molecule has 2 nitrogen and oxygen atoms in total. The number of rotatable bonds is 2. The van der Waals surface area contributed by atoms with Crippen molar-refractivity contribution in [1.82, 2.24) is 0 Å². The number of fused-ring (bicyclic) bond motifs is 4. The Labute approximate surface area is 228 Å². The van der Waals surface area contributed by atoms with Crippen LogP contribution in [0.15, 0.2) is 97.1 Å². The van der Waals surface area contributed by atoms with Crippen molar-refractivity contribution < 1.29 is 9.47 Å². The van der Waals surface area contributed by atoms with Crippen molar-refractivity contribution in [3.05, 3.63) is 142 Å². The van der Waals surface area contributed by atoms with Crippen LogP contribution in [0, 0.1) is 11.8 Å². The zero-order chi connectivity index (χ0) is 26.7. The number of benzene rings is 4. The van der Waals surface area contributed by atoms with Crippen LogP contribution in [0.1, 0.15) is 70.6 Å². The van der Waals surface area contributed by atoms with Gasteiger partial charge in [-0.2, -0.15) is 0 Å². The monoisotopic (exact) mass is 502 g/mol. The quantitative estimate of drug-likeness (QED) is 0.258. The van der Waals surface area contributed by atoms with Gasteiger partial charge in [-0.3, -0.25) is 0 Å². The molecule has 194 valence electrons. The Bertz CT molecular complexity index is 1390. The van der Waals surface area contributed by atoms with Gasteiger partial charge in [0.15, 0.2) is 0 Å². The van der Waals surface area contributed by atoms with Crippen molar-refractivity contribution in [2.75, 3.05) is 14.2 Å². The van der Waals surface area contributed by atoms with Crippen molar-refractivity contribution in [2.45, 2.75) is 51.7 Å². The summed E-state index contributed by atoms with van der Waals surface area (Å²) in [4.78, 5) is 0. The summed E-state index contributed by atoms with van der Waals surface area (Å²) < 4.78 is 11.4. The van der Waals surface area contributed by atoms with Crippen LogP contribution in [-0.2, 0) is 35.2 Å². The van der Waals surface area contributed by atoms with Crippen LogP contribution < -0.4 is 0 Å². The molecule has 2 unspecified atom stereocenters. The Kier molecular flexibility index (Phi) is 9.93. The first-order valence-corrected chi connectivity index (χ1v) is 13.7. The number of aryl methyl sites for hydroxylation is 2. The fraction of sp³-hybridized carbons (Fsp3) is 0.278. The largest absolute Gasteiger partial charge is 0.376 e. The van der Waals surface area contributed by atoms with Crippen LogP contribution in [0.25, 0.3) is 0 Å². The molecule has 0 radical (unpaired) electrons. The maximum Gasteiger partial charge on any atom is 0.0873 e. The molecular weight excluding hydrogens is 464 g/mol. The van der Waals surface area contributed by atoms with Gasteiger partial charge in [-0.1, -0.05) is 111 Å². The average molecular weight is 503 g/mol. The molecule has 6 rings (SSSR count). The van der Waals surface area contributed by atoms with E-state index in [9.17, 15) is 0 Å². The average Bonchev–Trinajstić information content (AvgIpc) is 2.97. The Morgan fingerprint density at radius 3 is 1.66 bits per heavy atom. The van der Waals surface area contributed by atoms with Gasteiger partial charge in [0, 0.05) is 38.2 Å². The molecule has 0 saturated carbocycles. The molecule has 0 saturated heterocycles. The summed E-state index contributed by atoms with van der Waals surface area (Å²) in [6.07, 6.45) is 4.35. The lowest BCUT2D eigenvalue weighted by molar-refractivity contribution is 0.102. The fourth-order valence-corrected chi connectivity index (χ4v) is 5.23. The number of hydrogen-bond acceptors (Lipinski definition) is 2. The van der Waals surface area contributed by atoms with Gasteiger partial charge in [0.2, 0.25) is 0 Å². The molecular formula is C36H38O2. The lowest BCUT2D eigenvalue weighted by Gasteiger charge is -2.23. The van der Waals surface area contributed by atoms with Gasteiger partial charge in [0.1, 0.15) is 0 Å². The van der Waals surface area contributed by atoms with Gasteiger partial charge in [0.05, 0.1) is 12.2 Å². The van der Waals surface area contributed by atoms with Crippen molar-refractivity contribution in [2.24, 2.45) is 0 Å². The minimum atomic E-state index is 0.0805. The smallest absolute Gasteiger partial charge is 0.0873 e. The van der Waals surface area contributed by atoms with Gasteiger partial charge >= 0.3 is 0 Å².